The van der Waals surface area contributed by atoms with Gasteiger partial charge in [0.2, 0.25) is 0 Å². The SMILES string of the molecule is O=C(Nn1cnnc1)c1cnsn1. The summed E-state index contributed by atoms with van der Waals surface area (Å²) in [4.78, 5) is 11.3. The van der Waals surface area contributed by atoms with Crippen molar-refractivity contribution in [3.63, 3.8) is 0 Å². The summed E-state index contributed by atoms with van der Waals surface area (Å²) in [6.45, 7) is 0. The number of hydrogen-bond acceptors (Lipinski definition) is 6. The van der Waals surface area contributed by atoms with Crippen LogP contribution in [0.5, 0.6) is 0 Å². The molecule has 66 valence electrons. The average molecular weight is 196 g/mol. The van der Waals surface area contributed by atoms with Crippen molar-refractivity contribution >= 4 is 17.6 Å². The van der Waals surface area contributed by atoms with Gasteiger partial charge >= 0.3 is 0 Å². The quantitative estimate of drug-likeness (QED) is 0.700. The maximum absolute atomic E-state index is 11.3. The highest BCUT2D eigenvalue weighted by atomic mass is 32.1. The first-order chi connectivity index (χ1) is 6.36. The summed E-state index contributed by atoms with van der Waals surface area (Å²) in [5.74, 6) is -0.339. The van der Waals surface area contributed by atoms with Crippen LogP contribution in [0.15, 0.2) is 18.9 Å². The Hall–Kier alpha value is -1.83. The Labute approximate surface area is 76.7 Å². The van der Waals surface area contributed by atoms with Gasteiger partial charge in [-0.25, -0.2) is 4.68 Å². The predicted molar refractivity (Wildman–Crippen MR) is 43.6 cm³/mol. The Bertz CT molecular complexity index is 381. The molecule has 0 aliphatic rings. The first kappa shape index (κ1) is 7.80. The van der Waals surface area contributed by atoms with Gasteiger partial charge in [-0.3, -0.25) is 10.2 Å². The highest BCUT2D eigenvalue weighted by Crippen LogP contribution is 1.95. The van der Waals surface area contributed by atoms with Crippen molar-refractivity contribution in [3.05, 3.63) is 24.5 Å². The van der Waals surface area contributed by atoms with Gasteiger partial charge in [0.25, 0.3) is 5.91 Å². The lowest BCUT2D eigenvalue weighted by molar-refractivity contribution is 0.100. The molecule has 2 heterocycles. The summed E-state index contributed by atoms with van der Waals surface area (Å²) in [6, 6.07) is 0. The summed E-state index contributed by atoms with van der Waals surface area (Å²) >= 11 is 0.979. The molecular weight excluding hydrogens is 192 g/mol. The van der Waals surface area contributed by atoms with Crippen molar-refractivity contribution in [2.24, 2.45) is 0 Å². The van der Waals surface area contributed by atoms with Crippen LogP contribution in [-0.2, 0) is 0 Å². The van der Waals surface area contributed by atoms with Crippen LogP contribution in [0.2, 0.25) is 0 Å². The number of amides is 1. The second kappa shape index (κ2) is 3.27. The van der Waals surface area contributed by atoms with Gasteiger partial charge in [0.05, 0.1) is 17.9 Å². The molecule has 7 nitrogen and oxygen atoms in total. The predicted octanol–water partition coefficient (Wildman–Crippen LogP) is -0.487. The molecule has 0 atom stereocenters. The second-order valence-corrected chi connectivity index (χ2v) is 2.66. The van der Waals surface area contributed by atoms with Crippen LogP contribution >= 0.6 is 11.7 Å². The van der Waals surface area contributed by atoms with Gasteiger partial charge in [-0.2, -0.15) is 8.75 Å². The highest BCUT2D eigenvalue weighted by Gasteiger charge is 2.07. The fourth-order valence-corrected chi connectivity index (χ4v) is 1.11. The van der Waals surface area contributed by atoms with Crippen LogP contribution in [-0.4, -0.2) is 29.5 Å². The van der Waals surface area contributed by atoms with Crippen LogP contribution < -0.4 is 5.43 Å². The minimum atomic E-state index is -0.339. The van der Waals surface area contributed by atoms with E-state index in [-0.39, 0.29) is 11.6 Å². The van der Waals surface area contributed by atoms with Gasteiger partial charge in [0, 0.05) is 0 Å². The summed E-state index contributed by atoms with van der Waals surface area (Å²) in [7, 11) is 0. The Morgan fingerprint density at radius 3 is 2.85 bits per heavy atom. The maximum Gasteiger partial charge on any atom is 0.291 e. The third-order valence-electron chi connectivity index (χ3n) is 1.24. The molecule has 1 amide bonds. The van der Waals surface area contributed by atoms with Crippen LogP contribution in [0.1, 0.15) is 10.5 Å². The van der Waals surface area contributed by atoms with Gasteiger partial charge in [-0.05, 0) is 0 Å². The number of carbonyl (C=O) groups is 1. The number of rotatable bonds is 2. The van der Waals surface area contributed by atoms with Gasteiger partial charge in [-0.1, -0.05) is 0 Å². The molecule has 0 saturated heterocycles. The van der Waals surface area contributed by atoms with E-state index >= 15 is 0 Å². The molecule has 2 rings (SSSR count). The number of nitrogens with zero attached hydrogens (tertiary/aromatic N) is 5. The van der Waals surface area contributed by atoms with Crippen molar-refractivity contribution in [1.82, 2.24) is 23.6 Å². The van der Waals surface area contributed by atoms with Crippen LogP contribution in [0.4, 0.5) is 0 Å². The number of hydrogen-bond donors (Lipinski definition) is 1. The standard InChI is InChI=1S/C5H4N6OS/c12-5(4-1-8-13-10-4)9-11-2-6-7-3-11/h1-3H,(H,9,12). The Morgan fingerprint density at radius 2 is 2.23 bits per heavy atom. The summed E-state index contributed by atoms with van der Waals surface area (Å²) in [5, 5.41) is 7.04. The molecule has 0 fully saturated rings. The van der Waals surface area contributed by atoms with Gasteiger partial charge < -0.3 is 0 Å². The molecule has 0 radical (unpaired) electrons. The van der Waals surface area contributed by atoms with E-state index in [2.05, 4.69) is 24.4 Å². The van der Waals surface area contributed by atoms with E-state index in [9.17, 15) is 4.79 Å². The van der Waals surface area contributed by atoms with Gasteiger partial charge in [-0.15, -0.1) is 10.2 Å². The van der Waals surface area contributed by atoms with E-state index in [0.717, 1.165) is 11.7 Å². The van der Waals surface area contributed by atoms with Crippen molar-refractivity contribution in [3.8, 4) is 0 Å². The van der Waals surface area contributed by atoms with Crippen molar-refractivity contribution < 1.29 is 4.79 Å². The van der Waals surface area contributed by atoms with Gasteiger partial charge in [0.1, 0.15) is 12.7 Å². The third-order valence-corrected chi connectivity index (χ3v) is 1.72. The molecule has 0 saturated carbocycles. The molecule has 0 aromatic carbocycles. The lowest BCUT2D eigenvalue weighted by atomic mass is 10.5. The van der Waals surface area contributed by atoms with Crippen LogP contribution in [0.25, 0.3) is 0 Å². The Kier molecular flexibility index (Phi) is 1.96. The summed E-state index contributed by atoms with van der Waals surface area (Å²) < 4.78 is 8.80. The van der Waals surface area contributed by atoms with E-state index in [1.807, 2.05) is 0 Å². The minimum Gasteiger partial charge on any atom is -0.265 e. The molecule has 2 aromatic rings. The normalized spacial score (nSPS) is 9.85. The van der Waals surface area contributed by atoms with Crippen LogP contribution in [0.3, 0.4) is 0 Å². The Balaban J connectivity index is 2.08. The second-order valence-electron chi connectivity index (χ2n) is 2.10. The third kappa shape index (κ3) is 1.67. The number of nitrogens with one attached hydrogen (secondary N) is 1. The van der Waals surface area contributed by atoms with E-state index in [4.69, 9.17) is 0 Å². The van der Waals surface area contributed by atoms with Crippen molar-refractivity contribution in [1.29, 1.82) is 0 Å². The largest absolute Gasteiger partial charge is 0.291 e. The lowest BCUT2D eigenvalue weighted by Gasteiger charge is -1.99. The monoisotopic (exact) mass is 196 g/mol. The molecule has 0 spiro atoms. The minimum absolute atomic E-state index is 0.277. The molecule has 0 aliphatic heterocycles. The van der Waals surface area contributed by atoms with E-state index < -0.39 is 0 Å². The fraction of sp³-hybridized carbons (Fsp3) is 0. The smallest absolute Gasteiger partial charge is 0.265 e. The molecule has 2 aromatic heterocycles. The molecule has 0 bridgehead atoms. The zero-order valence-corrected chi connectivity index (χ0v) is 7.10. The first-order valence-electron chi connectivity index (χ1n) is 3.30. The van der Waals surface area contributed by atoms with Crippen LogP contribution in [0, 0.1) is 0 Å². The van der Waals surface area contributed by atoms with E-state index in [1.165, 1.54) is 23.5 Å². The maximum atomic E-state index is 11.3. The topological polar surface area (TPSA) is 85.6 Å². The fourth-order valence-electron chi connectivity index (χ4n) is 0.698. The molecular formula is C5H4N6OS. The van der Waals surface area contributed by atoms with Crippen molar-refractivity contribution in [2.75, 3.05) is 5.43 Å². The first-order valence-corrected chi connectivity index (χ1v) is 4.03. The number of carbonyl (C=O) groups excluding carboxylic acids is 1. The van der Waals surface area contributed by atoms with Gasteiger partial charge in [0.15, 0.2) is 5.69 Å². The van der Waals surface area contributed by atoms with E-state index in [0.29, 0.717) is 0 Å². The summed E-state index contributed by atoms with van der Waals surface area (Å²) in [5.41, 5.74) is 2.76. The zero-order chi connectivity index (χ0) is 9.10. The highest BCUT2D eigenvalue weighted by molar-refractivity contribution is 6.99. The lowest BCUT2D eigenvalue weighted by Crippen LogP contribution is -2.21. The average Bonchev–Trinajstić information content (AvgIpc) is 2.74. The van der Waals surface area contributed by atoms with Crippen molar-refractivity contribution in [2.45, 2.75) is 0 Å². The molecule has 1 N–H and O–H groups in total. The Morgan fingerprint density at radius 1 is 1.46 bits per heavy atom. The molecule has 8 heteroatoms. The number of aromatic nitrogens is 5. The molecule has 0 aliphatic carbocycles. The summed E-state index contributed by atoms with van der Waals surface area (Å²) in [6.07, 6.45) is 4.14. The molecule has 13 heavy (non-hydrogen) atoms. The molecule has 0 unspecified atom stereocenters. The zero-order valence-electron chi connectivity index (χ0n) is 6.28. The van der Waals surface area contributed by atoms with E-state index in [1.54, 1.807) is 0 Å².